The molecule has 4 rings (SSSR count). The van der Waals surface area contributed by atoms with Gasteiger partial charge in [-0.15, -0.1) is 5.10 Å². The molecule has 0 radical (unpaired) electrons. The third kappa shape index (κ3) is 3.63. The fourth-order valence-electron chi connectivity index (χ4n) is 4.05. The molecule has 7 heteroatoms. The summed E-state index contributed by atoms with van der Waals surface area (Å²) in [5.74, 6) is 0.704. The third-order valence-electron chi connectivity index (χ3n) is 5.52. The summed E-state index contributed by atoms with van der Waals surface area (Å²) in [5.41, 5.74) is 5.62. The van der Waals surface area contributed by atoms with Crippen LogP contribution in [-0.2, 0) is 17.6 Å². The molecule has 1 atom stereocenters. The molecule has 2 heterocycles. The van der Waals surface area contributed by atoms with Gasteiger partial charge in [-0.2, -0.15) is 4.98 Å². The fourth-order valence-corrected chi connectivity index (χ4v) is 4.38. The van der Waals surface area contributed by atoms with Crippen molar-refractivity contribution in [1.82, 2.24) is 24.9 Å². The molecular weight excluding hydrogens is 370 g/mol. The number of aryl methyl sites for hydroxylation is 3. The number of thioether (sulfide) groups is 1. The van der Waals surface area contributed by atoms with Crippen LogP contribution in [0, 0.1) is 13.8 Å². The van der Waals surface area contributed by atoms with E-state index in [0.29, 0.717) is 23.8 Å². The Bertz CT molecular complexity index is 1030. The number of hydrogen-bond acceptors (Lipinski definition) is 5. The van der Waals surface area contributed by atoms with Crippen molar-refractivity contribution in [3.05, 3.63) is 52.3 Å². The zero-order valence-corrected chi connectivity index (χ0v) is 17.3. The highest BCUT2D eigenvalue weighted by molar-refractivity contribution is 7.98. The minimum Gasteiger partial charge on any atom is -0.349 e. The van der Waals surface area contributed by atoms with Gasteiger partial charge >= 0.3 is 0 Å². The van der Waals surface area contributed by atoms with Crippen LogP contribution in [-0.4, -0.2) is 31.7 Å². The summed E-state index contributed by atoms with van der Waals surface area (Å²) in [4.78, 5) is 21.6. The van der Waals surface area contributed by atoms with Gasteiger partial charge in [0.2, 0.25) is 11.1 Å². The smallest absolute Gasteiger partial charge is 0.253 e. The number of amides is 1. The zero-order valence-electron chi connectivity index (χ0n) is 16.5. The highest BCUT2D eigenvalue weighted by atomic mass is 32.2. The number of rotatable bonds is 5. The maximum atomic E-state index is 12.7. The maximum absolute atomic E-state index is 12.7. The van der Waals surface area contributed by atoms with Gasteiger partial charge in [0.1, 0.15) is 0 Å². The summed E-state index contributed by atoms with van der Waals surface area (Å²) in [5, 5.41) is 8.43. The molecule has 1 unspecified atom stereocenters. The Kier molecular flexibility index (Phi) is 5.35. The van der Waals surface area contributed by atoms with Crippen molar-refractivity contribution in [3.63, 3.8) is 0 Å². The second-order valence-corrected chi connectivity index (χ2v) is 8.06. The number of carbonyl (C=O) groups is 1. The van der Waals surface area contributed by atoms with Crippen LogP contribution in [0.3, 0.4) is 0 Å². The van der Waals surface area contributed by atoms with E-state index in [1.165, 1.54) is 22.9 Å². The SMILES string of the molecule is CSc1nc2nc(C)c(CCC(=O)NC3CCCc4ccccc43)c(C)n2n1. The highest BCUT2D eigenvalue weighted by Gasteiger charge is 2.21. The summed E-state index contributed by atoms with van der Waals surface area (Å²) < 4.78 is 1.78. The molecule has 6 nitrogen and oxygen atoms in total. The van der Waals surface area contributed by atoms with Crippen molar-refractivity contribution in [1.29, 1.82) is 0 Å². The number of aromatic nitrogens is 4. The van der Waals surface area contributed by atoms with Gasteiger partial charge in [0, 0.05) is 17.8 Å². The van der Waals surface area contributed by atoms with Crippen LogP contribution in [0.4, 0.5) is 0 Å². The molecule has 1 aliphatic rings. The van der Waals surface area contributed by atoms with E-state index in [2.05, 4.69) is 44.6 Å². The maximum Gasteiger partial charge on any atom is 0.253 e. The number of nitrogens with one attached hydrogen (secondary N) is 1. The number of nitrogens with zero attached hydrogens (tertiary/aromatic N) is 4. The average Bonchev–Trinajstić information content (AvgIpc) is 3.11. The van der Waals surface area contributed by atoms with E-state index in [9.17, 15) is 4.79 Å². The van der Waals surface area contributed by atoms with Crippen LogP contribution in [0.15, 0.2) is 29.4 Å². The van der Waals surface area contributed by atoms with E-state index in [4.69, 9.17) is 0 Å². The van der Waals surface area contributed by atoms with Crippen molar-refractivity contribution < 1.29 is 4.79 Å². The molecular formula is C21H25N5OS. The Hall–Kier alpha value is -2.41. The lowest BCUT2D eigenvalue weighted by atomic mass is 9.87. The molecule has 1 aromatic carbocycles. The number of fused-ring (bicyclic) bond motifs is 2. The van der Waals surface area contributed by atoms with Crippen LogP contribution in [0.2, 0.25) is 0 Å². The van der Waals surface area contributed by atoms with Crippen LogP contribution >= 0.6 is 11.8 Å². The second-order valence-electron chi connectivity index (χ2n) is 7.28. The van der Waals surface area contributed by atoms with E-state index >= 15 is 0 Å². The number of benzene rings is 1. The standard InChI is InChI=1S/C21H25N5OS/c1-13-16(14(2)26-20(22-13)24-21(25-26)28-3)11-12-19(27)23-18-10-6-8-15-7-4-5-9-17(15)18/h4-5,7,9,18H,6,8,10-12H2,1-3H3,(H,23,27). The molecule has 0 spiro atoms. The van der Waals surface area contributed by atoms with Crippen molar-refractivity contribution in [2.75, 3.05) is 6.26 Å². The molecule has 3 aromatic rings. The molecule has 2 aromatic heterocycles. The Morgan fingerprint density at radius 2 is 2.11 bits per heavy atom. The number of hydrogen-bond donors (Lipinski definition) is 1. The lowest BCUT2D eigenvalue weighted by molar-refractivity contribution is -0.121. The fraction of sp³-hybridized carbons (Fsp3) is 0.429. The van der Waals surface area contributed by atoms with E-state index in [1.807, 2.05) is 20.1 Å². The molecule has 1 aliphatic carbocycles. The third-order valence-corrected chi connectivity index (χ3v) is 6.06. The first kappa shape index (κ1) is 18.9. The van der Waals surface area contributed by atoms with Crippen molar-refractivity contribution >= 4 is 23.4 Å². The van der Waals surface area contributed by atoms with E-state index < -0.39 is 0 Å². The Labute approximate surface area is 169 Å². The van der Waals surface area contributed by atoms with Gasteiger partial charge in [-0.3, -0.25) is 4.79 Å². The lowest BCUT2D eigenvalue weighted by Gasteiger charge is -2.26. The average molecular weight is 396 g/mol. The van der Waals surface area contributed by atoms with Gasteiger partial charge in [0.25, 0.3) is 5.78 Å². The molecule has 0 saturated carbocycles. The van der Waals surface area contributed by atoms with Crippen LogP contribution < -0.4 is 5.32 Å². The first-order chi connectivity index (χ1) is 13.6. The van der Waals surface area contributed by atoms with Gasteiger partial charge < -0.3 is 5.32 Å². The molecule has 0 saturated heterocycles. The van der Waals surface area contributed by atoms with E-state index in [0.717, 1.165) is 36.2 Å². The predicted octanol–water partition coefficient (Wildman–Crippen LogP) is 3.59. The normalized spacial score (nSPS) is 16.2. The molecule has 28 heavy (non-hydrogen) atoms. The van der Waals surface area contributed by atoms with Gasteiger partial charge in [0.05, 0.1) is 6.04 Å². The van der Waals surface area contributed by atoms with Crippen molar-refractivity contribution in [3.8, 4) is 0 Å². The molecule has 1 N–H and O–H groups in total. The molecule has 0 aliphatic heterocycles. The van der Waals surface area contributed by atoms with Gasteiger partial charge in [-0.05, 0) is 62.5 Å². The predicted molar refractivity (Wildman–Crippen MR) is 111 cm³/mol. The summed E-state index contributed by atoms with van der Waals surface area (Å²) >= 11 is 1.50. The highest BCUT2D eigenvalue weighted by Crippen LogP contribution is 2.29. The zero-order chi connectivity index (χ0) is 19.7. The summed E-state index contributed by atoms with van der Waals surface area (Å²) in [6.07, 6.45) is 6.26. The second kappa shape index (κ2) is 7.91. The molecule has 146 valence electrons. The van der Waals surface area contributed by atoms with Gasteiger partial charge in [-0.25, -0.2) is 9.50 Å². The monoisotopic (exact) mass is 395 g/mol. The van der Waals surface area contributed by atoms with Crippen LogP contribution in [0.1, 0.15) is 53.4 Å². The molecule has 1 amide bonds. The van der Waals surface area contributed by atoms with E-state index in [-0.39, 0.29) is 11.9 Å². The summed E-state index contributed by atoms with van der Waals surface area (Å²) in [7, 11) is 0. The topological polar surface area (TPSA) is 72.2 Å². The van der Waals surface area contributed by atoms with Gasteiger partial charge in [-0.1, -0.05) is 36.0 Å². The Balaban J connectivity index is 1.47. The molecule has 0 bridgehead atoms. The molecule has 0 fully saturated rings. The Morgan fingerprint density at radius 3 is 2.93 bits per heavy atom. The first-order valence-electron chi connectivity index (χ1n) is 9.71. The van der Waals surface area contributed by atoms with Crippen molar-refractivity contribution in [2.24, 2.45) is 0 Å². The largest absolute Gasteiger partial charge is 0.349 e. The first-order valence-corrected chi connectivity index (χ1v) is 10.9. The summed E-state index contributed by atoms with van der Waals surface area (Å²) in [6.45, 7) is 4.00. The number of carbonyl (C=O) groups excluding carboxylic acids is 1. The van der Waals surface area contributed by atoms with Crippen molar-refractivity contribution in [2.45, 2.75) is 57.1 Å². The van der Waals surface area contributed by atoms with Crippen LogP contribution in [0.5, 0.6) is 0 Å². The minimum atomic E-state index is 0.0870. The quantitative estimate of drug-likeness (QED) is 0.669. The van der Waals surface area contributed by atoms with Gasteiger partial charge in [0.15, 0.2) is 0 Å². The lowest BCUT2D eigenvalue weighted by Crippen LogP contribution is -2.31. The van der Waals surface area contributed by atoms with Crippen LogP contribution in [0.25, 0.3) is 5.78 Å². The minimum absolute atomic E-state index is 0.0870. The summed E-state index contributed by atoms with van der Waals surface area (Å²) in [6, 6.07) is 8.56. The van der Waals surface area contributed by atoms with E-state index in [1.54, 1.807) is 4.52 Å². The Morgan fingerprint density at radius 1 is 1.29 bits per heavy atom.